The van der Waals surface area contributed by atoms with Gasteiger partial charge in [0.25, 0.3) is 0 Å². The van der Waals surface area contributed by atoms with E-state index in [1.165, 1.54) is 30.0 Å². The summed E-state index contributed by atoms with van der Waals surface area (Å²) < 4.78 is 46.1. The number of anilines is 1. The zero-order valence-electron chi connectivity index (χ0n) is 12.9. The van der Waals surface area contributed by atoms with Crippen molar-refractivity contribution in [1.29, 1.82) is 0 Å². The van der Waals surface area contributed by atoms with Crippen LogP contribution in [0.3, 0.4) is 0 Å². The minimum atomic E-state index is -4.68. The summed E-state index contributed by atoms with van der Waals surface area (Å²) in [4.78, 5) is 2.29. The van der Waals surface area contributed by atoms with Crippen LogP contribution in [0.25, 0.3) is 0 Å². The van der Waals surface area contributed by atoms with Crippen molar-refractivity contribution in [2.24, 2.45) is 0 Å². The van der Waals surface area contributed by atoms with Crippen LogP contribution in [-0.2, 0) is 0 Å². The van der Waals surface area contributed by atoms with E-state index in [9.17, 15) is 13.2 Å². The molecule has 24 heavy (non-hydrogen) atoms. The molecule has 1 radical (unpaired) electrons. The fraction of sp³-hybridized carbons (Fsp3) is 0.333. The number of benzene rings is 2. The number of ether oxygens (including phenoxy) is 2. The summed E-state index contributed by atoms with van der Waals surface area (Å²) in [7, 11) is 0. The van der Waals surface area contributed by atoms with Gasteiger partial charge in [-0.2, -0.15) is 0 Å². The Morgan fingerprint density at radius 2 is 1.50 bits per heavy atom. The van der Waals surface area contributed by atoms with E-state index in [1.807, 2.05) is 24.3 Å². The highest BCUT2D eigenvalue weighted by Gasteiger charge is 2.31. The normalized spacial score (nSPS) is 16.0. The second-order valence-corrected chi connectivity index (χ2v) is 5.58. The zero-order valence-corrected chi connectivity index (χ0v) is 12.9. The lowest BCUT2D eigenvalue weighted by atomic mass is 10.1. The third-order valence-corrected chi connectivity index (χ3v) is 3.87. The van der Waals surface area contributed by atoms with Gasteiger partial charge in [0, 0.05) is 31.6 Å². The highest BCUT2D eigenvalue weighted by molar-refractivity contribution is 5.46. The number of alkyl halides is 3. The van der Waals surface area contributed by atoms with E-state index in [1.54, 1.807) is 0 Å². The monoisotopic (exact) mass is 336 g/mol. The van der Waals surface area contributed by atoms with E-state index < -0.39 is 6.36 Å². The van der Waals surface area contributed by atoms with E-state index in [0.29, 0.717) is 5.75 Å². The molecule has 6 heteroatoms. The minimum absolute atomic E-state index is 0.0610. The molecule has 3 rings (SSSR count). The Labute approximate surface area is 138 Å². The number of piperidine rings is 1. The molecule has 0 spiro atoms. The molecule has 2 aromatic carbocycles. The lowest BCUT2D eigenvalue weighted by Gasteiger charge is -2.33. The molecule has 0 aliphatic carbocycles. The second-order valence-electron chi connectivity index (χ2n) is 5.58. The van der Waals surface area contributed by atoms with E-state index in [-0.39, 0.29) is 11.9 Å². The van der Waals surface area contributed by atoms with Crippen molar-refractivity contribution in [3.05, 3.63) is 54.6 Å². The van der Waals surface area contributed by atoms with Crippen molar-refractivity contribution in [1.82, 2.24) is 0 Å². The molecule has 1 saturated heterocycles. The largest absolute Gasteiger partial charge is 0.573 e. The number of hydrogen-bond acceptors (Lipinski definition) is 3. The van der Waals surface area contributed by atoms with Gasteiger partial charge in [-0.25, -0.2) is 0 Å². The SMILES string of the molecule is FC(F)(F)Oc1ccc(OC2CCN(c3cc[c]cc3)CC2)cc1. The first-order chi connectivity index (χ1) is 11.5. The third kappa shape index (κ3) is 4.57. The van der Waals surface area contributed by atoms with Crippen LogP contribution in [0.5, 0.6) is 11.5 Å². The van der Waals surface area contributed by atoms with Gasteiger partial charge in [-0.15, -0.1) is 13.2 Å². The van der Waals surface area contributed by atoms with Crippen LogP contribution >= 0.6 is 0 Å². The molecule has 0 bridgehead atoms. The Morgan fingerprint density at radius 1 is 0.917 bits per heavy atom. The molecule has 3 nitrogen and oxygen atoms in total. The van der Waals surface area contributed by atoms with Crippen molar-refractivity contribution in [3.63, 3.8) is 0 Å². The van der Waals surface area contributed by atoms with Crippen LogP contribution in [0, 0.1) is 6.07 Å². The first-order valence-corrected chi connectivity index (χ1v) is 7.73. The van der Waals surface area contributed by atoms with Gasteiger partial charge in [0.1, 0.15) is 17.6 Å². The molecule has 2 aromatic rings. The first-order valence-electron chi connectivity index (χ1n) is 7.73. The van der Waals surface area contributed by atoms with Crippen LogP contribution in [0.4, 0.5) is 18.9 Å². The maximum absolute atomic E-state index is 12.1. The Kier molecular flexibility index (Phi) is 4.83. The predicted octanol–water partition coefficient (Wildman–Crippen LogP) is 4.43. The van der Waals surface area contributed by atoms with Gasteiger partial charge in [-0.05, 0) is 42.5 Å². The average Bonchev–Trinajstić information content (AvgIpc) is 2.57. The number of hydrogen-bond donors (Lipinski definition) is 0. The van der Waals surface area contributed by atoms with Crippen LogP contribution in [0.2, 0.25) is 0 Å². The molecule has 0 amide bonds. The molecular formula is C18H17F3NO2. The fourth-order valence-corrected chi connectivity index (χ4v) is 2.73. The molecule has 127 valence electrons. The lowest BCUT2D eigenvalue weighted by molar-refractivity contribution is -0.274. The molecule has 0 N–H and O–H groups in total. The van der Waals surface area contributed by atoms with Crippen molar-refractivity contribution >= 4 is 5.69 Å². The maximum Gasteiger partial charge on any atom is 0.573 e. The number of nitrogens with zero attached hydrogens (tertiary/aromatic N) is 1. The van der Waals surface area contributed by atoms with Crippen LogP contribution < -0.4 is 14.4 Å². The molecule has 0 atom stereocenters. The summed E-state index contributed by atoms with van der Waals surface area (Å²) in [6.07, 6.45) is -2.89. The number of halogens is 3. The lowest BCUT2D eigenvalue weighted by Crippen LogP contribution is -2.38. The number of rotatable bonds is 4. The molecule has 1 aliphatic rings. The van der Waals surface area contributed by atoms with Gasteiger partial charge in [-0.1, -0.05) is 12.1 Å². The molecule has 0 aromatic heterocycles. The van der Waals surface area contributed by atoms with Crippen LogP contribution in [0.1, 0.15) is 12.8 Å². The molecule has 1 aliphatic heterocycles. The Balaban J connectivity index is 1.51. The van der Waals surface area contributed by atoms with E-state index >= 15 is 0 Å². The quantitative estimate of drug-likeness (QED) is 0.824. The van der Waals surface area contributed by atoms with Crippen molar-refractivity contribution in [3.8, 4) is 11.5 Å². The summed E-state index contributed by atoms with van der Waals surface area (Å²) in [6, 6.07) is 16.4. The first kappa shape index (κ1) is 16.5. The van der Waals surface area contributed by atoms with Crippen LogP contribution in [-0.4, -0.2) is 25.6 Å². The van der Waals surface area contributed by atoms with E-state index in [4.69, 9.17) is 4.74 Å². The van der Waals surface area contributed by atoms with Gasteiger partial charge in [0.05, 0.1) is 0 Å². The minimum Gasteiger partial charge on any atom is -0.490 e. The predicted molar refractivity (Wildman–Crippen MR) is 84.3 cm³/mol. The van der Waals surface area contributed by atoms with Gasteiger partial charge in [0.2, 0.25) is 0 Å². The van der Waals surface area contributed by atoms with Crippen molar-refractivity contribution in [2.45, 2.75) is 25.3 Å². The van der Waals surface area contributed by atoms with Gasteiger partial charge in [0.15, 0.2) is 0 Å². The standard InChI is InChI=1S/C18H17F3NO2/c19-18(20,21)24-17-8-6-15(7-9-17)23-16-10-12-22(13-11-16)14-4-2-1-3-5-14/h2-9,16H,10-13H2. The summed E-state index contributed by atoms with van der Waals surface area (Å²) in [6.45, 7) is 1.76. The average molecular weight is 336 g/mol. The van der Waals surface area contributed by atoms with Crippen molar-refractivity contribution < 1.29 is 22.6 Å². The van der Waals surface area contributed by atoms with E-state index in [0.717, 1.165) is 25.9 Å². The second kappa shape index (κ2) is 7.03. The van der Waals surface area contributed by atoms with Crippen molar-refractivity contribution in [2.75, 3.05) is 18.0 Å². The molecule has 0 saturated carbocycles. The molecule has 0 unspecified atom stereocenters. The van der Waals surface area contributed by atoms with Gasteiger partial charge < -0.3 is 14.4 Å². The zero-order chi connectivity index (χ0) is 17.0. The Bertz CT molecular complexity index is 636. The topological polar surface area (TPSA) is 21.7 Å². The highest BCUT2D eigenvalue weighted by atomic mass is 19.4. The smallest absolute Gasteiger partial charge is 0.490 e. The van der Waals surface area contributed by atoms with Gasteiger partial charge >= 0.3 is 6.36 Å². The fourth-order valence-electron chi connectivity index (χ4n) is 2.73. The Morgan fingerprint density at radius 3 is 2.08 bits per heavy atom. The summed E-state index contributed by atoms with van der Waals surface area (Å²) in [5.74, 6) is 0.308. The summed E-state index contributed by atoms with van der Waals surface area (Å²) in [5.41, 5.74) is 1.17. The van der Waals surface area contributed by atoms with Crippen LogP contribution in [0.15, 0.2) is 48.5 Å². The summed E-state index contributed by atoms with van der Waals surface area (Å²) >= 11 is 0. The highest BCUT2D eigenvalue weighted by Crippen LogP contribution is 2.27. The molecule has 1 heterocycles. The third-order valence-electron chi connectivity index (χ3n) is 3.87. The van der Waals surface area contributed by atoms with E-state index in [2.05, 4.69) is 15.7 Å². The summed E-state index contributed by atoms with van der Waals surface area (Å²) in [5, 5.41) is 0. The van der Waals surface area contributed by atoms with Gasteiger partial charge in [-0.3, -0.25) is 0 Å². The molecular weight excluding hydrogens is 319 g/mol. The maximum atomic E-state index is 12.1. The Hall–Kier alpha value is -2.37. The molecule has 1 fully saturated rings.